The summed E-state index contributed by atoms with van der Waals surface area (Å²) in [5, 5.41) is 0. The fraction of sp³-hybridized carbons (Fsp3) is 0.722. The molecule has 19 heavy (non-hydrogen) atoms. The van der Waals surface area contributed by atoms with Crippen LogP contribution in [0.15, 0.2) is 23.3 Å². The Morgan fingerprint density at radius 1 is 1.21 bits per heavy atom. The van der Waals surface area contributed by atoms with Crippen LogP contribution in [0.4, 0.5) is 0 Å². The van der Waals surface area contributed by atoms with Crippen molar-refractivity contribution in [3.05, 3.63) is 23.3 Å². The molecule has 0 bridgehead atoms. The van der Waals surface area contributed by atoms with Crippen molar-refractivity contribution in [3.63, 3.8) is 0 Å². The molecule has 1 aliphatic carbocycles. The number of carbonyl (C=O) groups excluding carboxylic acids is 1. The van der Waals surface area contributed by atoms with Gasteiger partial charge in [-0.1, -0.05) is 30.2 Å². The SMILES string of the molecule is CC(C)=CCC[C@]1(C)CC(=O)CC[C@@H]1CC=C(C)C. The van der Waals surface area contributed by atoms with Crippen LogP contribution in [0.1, 0.15) is 73.1 Å². The average Bonchev–Trinajstić information content (AvgIpc) is 2.26. The third kappa shape index (κ3) is 5.34. The Morgan fingerprint density at radius 3 is 2.42 bits per heavy atom. The molecule has 0 saturated heterocycles. The molecular weight excluding hydrogens is 232 g/mol. The average molecular weight is 262 g/mol. The van der Waals surface area contributed by atoms with Crippen molar-refractivity contribution in [2.24, 2.45) is 11.3 Å². The van der Waals surface area contributed by atoms with E-state index >= 15 is 0 Å². The maximum absolute atomic E-state index is 11.8. The Hall–Kier alpha value is -0.850. The first kappa shape index (κ1) is 16.2. The first-order chi connectivity index (χ1) is 8.83. The standard InChI is InChI=1S/C18H30O/c1-14(2)7-6-12-18(5)13-17(19)11-10-16(18)9-8-15(3)4/h7-8,16H,6,9-13H2,1-5H3/t16-,18+/m0/s1. The summed E-state index contributed by atoms with van der Waals surface area (Å²) < 4.78 is 0. The van der Waals surface area contributed by atoms with Gasteiger partial charge in [-0.3, -0.25) is 4.79 Å². The van der Waals surface area contributed by atoms with Gasteiger partial charge in [-0.15, -0.1) is 0 Å². The van der Waals surface area contributed by atoms with Crippen molar-refractivity contribution >= 4 is 5.78 Å². The van der Waals surface area contributed by atoms with Crippen molar-refractivity contribution in [1.82, 2.24) is 0 Å². The Bertz CT molecular complexity index is 367. The Labute approximate surface area is 119 Å². The third-order valence-corrected chi connectivity index (χ3v) is 4.44. The molecule has 1 nitrogen and oxygen atoms in total. The summed E-state index contributed by atoms with van der Waals surface area (Å²) in [6.07, 6.45) is 10.7. The first-order valence-electron chi connectivity index (χ1n) is 7.62. The molecule has 0 heterocycles. The van der Waals surface area contributed by atoms with E-state index in [1.165, 1.54) is 11.1 Å². The summed E-state index contributed by atoms with van der Waals surface area (Å²) in [7, 11) is 0. The molecule has 0 spiro atoms. The van der Waals surface area contributed by atoms with Crippen LogP contribution in [0.2, 0.25) is 0 Å². The minimum Gasteiger partial charge on any atom is -0.300 e. The summed E-state index contributed by atoms with van der Waals surface area (Å²) in [5.41, 5.74) is 2.97. The van der Waals surface area contributed by atoms with Crippen molar-refractivity contribution in [3.8, 4) is 0 Å². The zero-order valence-electron chi connectivity index (χ0n) is 13.4. The number of allylic oxidation sites excluding steroid dienone is 4. The Balaban J connectivity index is 2.72. The van der Waals surface area contributed by atoms with Crippen LogP contribution in [0.25, 0.3) is 0 Å². The molecule has 0 aromatic heterocycles. The molecule has 0 aromatic carbocycles. The predicted molar refractivity (Wildman–Crippen MR) is 83.2 cm³/mol. The second-order valence-electron chi connectivity index (χ2n) is 6.94. The number of rotatable bonds is 5. The molecular formula is C18H30O. The van der Waals surface area contributed by atoms with Gasteiger partial charge in [-0.2, -0.15) is 0 Å². The van der Waals surface area contributed by atoms with Gasteiger partial charge in [0.2, 0.25) is 0 Å². The maximum atomic E-state index is 11.8. The summed E-state index contributed by atoms with van der Waals surface area (Å²) >= 11 is 0. The minimum atomic E-state index is 0.202. The van der Waals surface area contributed by atoms with Crippen LogP contribution >= 0.6 is 0 Å². The summed E-state index contributed by atoms with van der Waals surface area (Å²) in [6, 6.07) is 0. The topological polar surface area (TPSA) is 17.1 Å². The van der Waals surface area contributed by atoms with Crippen molar-refractivity contribution in [1.29, 1.82) is 0 Å². The lowest BCUT2D eigenvalue weighted by Crippen LogP contribution is -2.34. The Morgan fingerprint density at radius 2 is 1.84 bits per heavy atom. The van der Waals surface area contributed by atoms with Crippen molar-refractivity contribution < 1.29 is 4.79 Å². The minimum absolute atomic E-state index is 0.202. The molecule has 0 N–H and O–H groups in total. The smallest absolute Gasteiger partial charge is 0.133 e. The predicted octanol–water partition coefficient (Wildman–Crippen LogP) is 5.46. The first-order valence-corrected chi connectivity index (χ1v) is 7.62. The van der Waals surface area contributed by atoms with Crippen molar-refractivity contribution in [2.75, 3.05) is 0 Å². The van der Waals surface area contributed by atoms with Crippen LogP contribution in [0, 0.1) is 11.3 Å². The van der Waals surface area contributed by atoms with Gasteiger partial charge in [-0.25, -0.2) is 0 Å². The molecule has 0 aliphatic heterocycles. The quantitative estimate of drug-likeness (QED) is 0.601. The molecule has 108 valence electrons. The van der Waals surface area contributed by atoms with Gasteiger partial charge >= 0.3 is 0 Å². The lowest BCUT2D eigenvalue weighted by atomic mass is 9.63. The van der Waals surface area contributed by atoms with Crippen LogP contribution < -0.4 is 0 Å². The summed E-state index contributed by atoms with van der Waals surface area (Å²) in [4.78, 5) is 11.8. The largest absolute Gasteiger partial charge is 0.300 e. The van der Waals surface area contributed by atoms with E-state index in [0.717, 1.165) is 38.5 Å². The zero-order chi connectivity index (χ0) is 14.5. The highest BCUT2D eigenvalue weighted by atomic mass is 16.1. The highest BCUT2D eigenvalue weighted by Crippen LogP contribution is 2.45. The second kappa shape index (κ2) is 7.07. The van der Waals surface area contributed by atoms with E-state index in [1.54, 1.807) is 0 Å². The van der Waals surface area contributed by atoms with E-state index in [0.29, 0.717) is 11.7 Å². The monoisotopic (exact) mass is 262 g/mol. The normalized spacial score (nSPS) is 27.0. The number of hydrogen-bond donors (Lipinski definition) is 0. The van der Waals surface area contributed by atoms with E-state index in [4.69, 9.17) is 0 Å². The molecule has 0 aromatic rings. The summed E-state index contributed by atoms with van der Waals surface area (Å²) in [5.74, 6) is 1.14. The van der Waals surface area contributed by atoms with Crippen molar-refractivity contribution in [2.45, 2.75) is 73.1 Å². The second-order valence-corrected chi connectivity index (χ2v) is 6.94. The Kier molecular flexibility index (Phi) is 6.03. The van der Waals surface area contributed by atoms with E-state index in [2.05, 4.69) is 46.8 Å². The molecule has 0 amide bonds. The summed E-state index contributed by atoms with van der Waals surface area (Å²) in [6.45, 7) is 10.9. The van der Waals surface area contributed by atoms with Gasteiger partial charge in [-0.05, 0) is 64.7 Å². The molecule has 1 saturated carbocycles. The number of Topliss-reactive ketones (excluding diaryl/α,β-unsaturated/α-hetero) is 1. The highest BCUT2D eigenvalue weighted by molar-refractivity contribution is 5.80. The fourth-order valence-electron chi connectivity index (χ4n) is 3.13. The third-order valence-electron chi connectivity index (χ3n) is 4.44. The molecule has 0 unspecified atom stereocenters. The molecule has 1 aliphatic rings. The van der Waals surface area contributed by atoms with Crippen LogP contribution in [-0.4, -0.2) is 5.78 Å². The van der Waals surface area contributed by atoms with Crippen LogP contribution in [-0.2, 0) is 4.79 Å². The van der Waals surface area contributed by atoms with E-state index < -0.39 is 0 Å². The van der Waals surface area contributed by atoms with E-state index in [1.807, 2.05) is 0 Å². The van der Waals surface area contributed by atoms with E-state index in [-0.39, 0.29) is 5.41 Å². The lowest BCUT2D eigenvalue weighted by Gasteiger charge is -2.40. The van der Waals surface area contributed by atoms with Gasteiger partial charge < -0.3 is 0 Å². The maximum Gasteiger partial charge on any atom is 0.133 e. The highest BCUT2D eigenvalue weighted by Gasteiger charge is 2.38. The number of ketones is 1. The van der Waals surface area contributed by atoms with Gasteiger partial charge in [0.05, 0.1) is 0 Å². The van der Waals surface area contributed by atoms with Crippen LogP contribution in [0.5, 0.6) is 0 Å². The lowest BCUT2D eigenvalue weighted by molar-refractivity contribution is -0.125. The van der Waals surface area contributed by atoms with Gasteiger partial charge in [0, 0.05) is 12.8 Å². The van der Waals surface area contributed by atoms with Gasteiger partial charge in [0.25, 0.3) is 0 Å². The molecule has 1 heteroatoms. The molecule has 1 rings (SSSR count). The fourth-order valence-corrected chi connectivity index (χ4v) is 3.13. The number of carbonyl (C=O) groups is 1. The van der Waals surface area contributed by atoms with Crippen LogP contribution in [0.3, 0.4) is 0 Å². The number of hydrogen-bond acceptors (Lipinski definition) is 1. The van der Waals surface area contributed by atoms with E-state index in [9.17, 15) is 4.79 Å². The van der Waals surface area contributed by atoms with Gasteiger partial charge in [0.15, 0.2) is 0 Å². The molecule has 2 atom stereocenters. The molecule has 0 radical (unpaired) electrons. The zero-order valence-corrected chi connectivity index (χ0v) is 13.4. The van der Waals surface area contributed by atoms with Gasteiger partial charge in [0.1, 0.15) is 5.78 Å². The molecule has 1 fully saturated rings.